The number of carbonyl (C=O) groups is 1. The second-order valence-corrected chi connectivity index (χ2v) is 8.44. The van der Waals surface area contributed by atoms with Crippen LogP contribution in [0.1, 0.15) is 16.0 Å². The first kappa shape index (κ1) is 16.1. The molecule has 124 valence electrons. The Bertz CT molecular complexity index is 931. The summed E-state index contributed by atoms with van der Waals surface area (Å²) < 4.78 is 1.15. The van der Waals surface area contributed by atoms with Gasteiger partial charge in [0.2, 0.25) is 5.91 Å². The summed E-state index contributed by atoms with van der Waals surface area (Å²) in [6.45, 7) is 3.50. The predicted molar refractivity (Wildman–Crippen MR) is 103 cm³/mol. The summed E-state index contributed by atoms with van der Waals surface area (Å²) in [4.78, 5) is 16.3. The fourth-order valence-electron chi connectivity index (χ4n) is 3.34. The average Bonchev–Trinajstić information content (AvgIpc) is 3.24. The number of nitrogens with zero attached hydrogens (tertiary/aromatic N) is 1. The number of rotatable bonds is 2. The van der Waals surface area contributed by atoms with Crippen molar-refractivity contribution in [3.63, 3.8) is 0 Å². The van der Waals surface area contributed by atoms with Crippen molar-refractivity contribution in [1.29, 1.82) is 0 Å². The van der Waals surface area contributed by atoms with Crippen molar-refractivity contribution in [2.24, 2.45) is 5.73 Å². The number of halogens is 1. The first-order valence-electron chi connectivity index (χ1n) is 7.85. The second-order valence-electron chi connectivity index (χ2n) is 6.01. The molecule has 1 amide bonds. The highest BCUT2D eigenvalue weighted by atomic mass is 35.5. The Morgan fingerprint density at radius 3 is 3.00 bits per heavy atom. The Kier molecular flexibility index (Phi) is 4.12. The Morgan fingerprint density at radius 1 is 1.46 bits per heavy atom. The summed E-state index contributed by atoms with van der Waals surface area (Å²) in [6, 6.07) is 6.43. The monoisotopic (exact) mass is 376 g/mol. The van der Waals surface area contributed by atoms with E-state index >= 15 is 0 Å². The van der Waals surface area contributed by atoms with Gasteiger partial charge in [0.1, 0.15) is 0 Å². The molecule has 3 heterocycles. The second kappa shape index (κ2) is 6.15. The zero-order valence-corrected chi connectivity index (χ0v) is 15.7. The van der Waals surface area contributed by atoms with Crippen LogP contribution in [0.25, 0.3) is 20.5 Å². The summed E-state index contributed by atoms with van der Waals surface area (Å²) >= 11 is 10.1. The molecule has 0 saturated carbocycles. The van der Waals surface area contributed by atoms with E-state index in [0.717, 1.165) is 28.3 Å². The molecule has 0 saturated heterocycles. The summed E-state index contributed by atoms with van der Waals surface area (Å²) in [6.07, 6.45) is 0.860. The molecule has 0 fully saturated rings. The number of hydrogen-bond acceptors (Lipinski definition) is 4. The van der Waals surface area contributed by atoms with Gasteiger partial charge < -0.3 is 10.6 Å². The summed E-state index contributed by atoms with van der Waals surface area (Å²) in [5.74, 6) is 0.0128. The number of hydrogen-bond donors (Lipinski definition) is 1. The van der Waals surface area contributed by atoms with Gasteiger partial charge in [-0.1, -0.05) is 17.7 Å². The van der Waals surface area contributed by atoms with Gasteiger partial charge in [-0.05, 0) is 42.0 Å². The molecule has 2 N–H and O–H groups in total. The summed E-state index contributed by atoms with van der Waals surface area (Å²) in [5.41, 5.74) is 9.23. The van der Waals surface area contributed by atoms with E-state index in [1.54, 1.807) is 22.7 Å². The minimum atomic E-state index is 0.0128. The van der Waals surface area contributed by atoms with Crippen LogP contribution >= 0.6 is 34.3 Å². The molecule has 0 aliphatic carbocycles. The number of benzene rings is 1. The molecule has 3 aromatic rings. The first-order chi connectivity index (χ1) is 11.6. The van der Waals surface area contributed by atoms with E-state index in [1.807, 2.05) is 4.90 Å². The number of fused-ring (bicyclic) bond motifs is 3. The Hall–Kier alpha value is -1.40. The highest BCUT2D eigenvalue weighted by molar-refractivity contribution is 7.20. The molecular formula is C18H17ClN2OS2. The molecule has 24 heavy (non-hydrogen) atoms. The molecule has 0 atom stereocenters. The van der Waals surface area contributed by atoms with Crippen LogP contribution in [0.5, 0.6) is 0 Å². The van der Waals surface area contributed by atoms with Gasteiger partial charge in [0.25, 0.3) is 0 Å². The summed E-state index contributed by atoms with van der Waals surface area (Å²) in [5, 5.41) is 4.21. The lowest BCUT2D eigenvalue weighted by Crippen LogP contribution is -2.39. The number of amides is 1. The van der Waals surface area contributed by atoms with Crippen molar-refractivity contribution < 1.29 is 4.79 Å². The molecule has 0 unspecified atom stereocenters. The molecule has 4 rings (SSSR count). The third-order valence-corrected chi connectivity index (χ3v) is 7.28. The van der Waals surface area contributed by atoms with Crippen LogP contribution < -0.4 is 5.73 Å². The third-order valence-electron chi connectivity index (χ3n) is 4.55. The van der Waals surface area contributed by atoms with Gasteiger partial charge in [-0.15, -0.1) is 22.7 Å². The van der Waals surface area contributed by atoms with Crippen molar-refractivity contribution in [3.05, 3.63) is 44.6 Å². The standard InChI is InChI=1S/C18H17ClN2OS2/c1-10-7-12(13-3-2-6-23-13)16-11-4-5-21(15(22)8-20)9-14(11)24-18(16)17(10)19/h2-3,6-7H,4-5,8-9,20H2,1H3. The predicted octanol–water partition coefficient (Wildman–Crippen LogP) is 4.44. The van der Waals surface area contributed by atoms with Gasteiger partial charge in [0.15, 0.2) is 0 Å². The lowest BCUT2D eigenvalue weighted by atomic mass is 9.97. The Morgan fingerprint density at radius 2 is 2.29 bits per heavy atom. The Labute approximate surface area is 153 Å². The van der Waals surface area contributed by atoms with Crippen LogP contribution in [-0.2, 0) is 17.8 Å². The number of nitrogens with two attached hydrogens (primary N) is 1. The van der Waals surface area contributed by atoms with Crippen LogP contribution in [0.4, 0.5) is 0 Å². The number of thiophene rings is 2. The molecule has 0 spiro atoms. The minimum absolute atomic E-state index is 0.0128. The molecule has 6 heteroatoms. The molecule has 2 aromatic heterocycles. The fraction of sp³-hybridized carbons (Fsp3) is 0.278. The maximum Gasteiger partial charge on any atom is 0.236 e. The fourth-order valence-corrected chi connectivity index (χ4v) is 5.74. The van der Waals surface area contributed by atoms with Gasteiger partial charge in [-0.2, -0.15) is 0 Å². The van der Waals surface area contributed by atoms with Crippen LogP contribution in [0.2, 0.25) is 5.02 Å². The maximum absolute atomic E-state index is 11.9. The highest BCUT2D eigenvalue weighted by Gasteiger charge is 2.26. The van der Waals surface area contributed by atoms with Crippen LogP contribution in [0.3, 0.4) is 0 Å². The van der Waals surface area contributed by atoms with Gasteiger partial charge in [0.05, 0.1) is 22.8 Å². The quantitative estimate of drug-likeness (QED) is 0.718. The largest absolute Gasteiger partial charge is 0.336 e. The van der Waals surface area contributed by atoms with E-state index in [0.29, 0.717) is 6.54 Å². The molecule has 1 aromatic carbocycles. The van der Waals surface area contributed by atoms with Crippen molar-refractivity contribution >= 4 is 50.3 Å². The number of carbonyl (C=O) groups excluding carboxylic acids is 1. The third kappa shape index (κ3) is 2.47. The summed E-state index contributed by atoms with van der Waals surface area (Å²) in [7, 11) is 0. The van der Waals surface area contributed by atoms with Gasteiger partial charge >= 0.3 is 0 Å². The van der Waals surface area contributed by atoms with E-state index < -0.39 is 0 Å². The molecule has 1 aliphatic rings. The normalized spacial score (nSPS) is 14.2. The SMILES string of the molecule is Cc1cc(-c2cccs2)c2c3c(sc2c1Cl)CN(C(=O)CN)CC3. The van der Waals surface area contributed by atoms with Gasteiger partial charge in [0, 0.05) is 27.2 Å². The van der Waals surface area contributed by atoms with Gasteiger partial charge in [-0.3, -0.25) is 4.79 Å². The van der Waals surface area contributed by atoms with E-state index in [2.05, 4.69) is 30.5 Å². The zero-order valence-electron chi connectivity index (χ0n) is 13.3. The van der Waals surface area contributed by atoms with Gasteiger partial charge in [-0.25, -0.2) is 0 Å². The Balaban J connectivity index is 1.93. The topological polar surface area (TPSA) is 46.3 Å². The van der Waals surface area contributed by atoms with E-state index in [-0.39, 0.29) is 12.5 Å². The number of aryl methyl sites for hydroxylation is 1. The molecular weight excluding hydrogens is 360 g/mol. The van der Waals surface area contributed by atoms with E-state index in [4.69, 9.17) is 17.3 Å². The van der Waals surface area contributed by atoms with Crippen LogP contribution in [-0.4, -0.2) is 23.9 Å². The van der Waals surface area contributed by atoms with Crippen molar-refractivity contribution in [2.75, 3.05) is 13.1 Å². The zero-order chi connectivity index (χ0) is 16.8. The highest BCUT2D eigenvalue weighted by Crippen LogP contribution is 2.46. The molecule has 0 bridgehead atoms. The van der Waals surface area contributed by atoms with Crippen LogP contribution in [0, 0.1) is 6.92 Å². The lowest BCUT2D eigenvalue weighted by molar-refractivity contribution is -0.130. The molecule has 0 radical (unpaired) electrons. The smallest absolute Gasteiger partial charge is 0.236 e. The van der Waals surface area contributed by atoms with Crippen molar-refractivity contribution in [3.8, 4) is 10.4 Å². The average molecular weight is 377 g/mol. The minimum Gasteiger partial charge on any atom is -0.336 e. The van der Waals surface area contributed by atoms with Crippen LogP contribution in [0.15, 0.2) is 23.6 Å². The molecule has 3 nitrogen and oxygen atoms in total. The van der Waals surface area contributed by atoms with Crippen molar-refractivity contribution in [1.82, 2.24) is 4.90 Å². The maximum atomic E-state index is 11.9. The van der Waals surface area contributed by atoms with Crippen molar-refractivity contribution in [2.45, 2.75) is 19.9 Å². The molecule has 1 aliphatic heterocycles. The first-order valence-corrected chi connectivity index (χ1v) is 9.92. The lowest BCUT2D eigenvalue weighted by Gasteiger charge is -2.26. The van der Waals surface area contributed by atoms with E-state index in [9.17, 15) is 4.79 Å². The van der Waals surface area contributed by atoms with E-state index in [1.165, 1.54) is 26.3 Å².